The van der Waals surface area contributed by atoms with Gasteiger partial charge in [-0.1, -0.05) is 11.6 Å². The third kappa shape index (κ3) is 3.58. The van der Waals surface area contributed by atoms with Gasteiger partial charge in [0.1, 0.15) is 5.82 Å². The van der Waals surface area contributed by atoms with Gasteiger partial charge in [-0.3, -0.25) is 4.79 Å². The third-order valence-electron chi connectivity index (χ3n) is 2.58. The van der Waals surface area contributed by atoms with Crippen LogP contribution in [0.15, 0.2) is 12.3 Å². The summed E-state index contributed by atoms with van der Waals surface area (Å²) in [7, 11) is 3.35. The molecule has 1 rings (SSSR count). The molecule has 100 valence electrons. The van der Waals surface area contributed by atoms with E-state index in [4.69, 9.17) is 16.3 Å². The lowest BCUT2D eigenvalue weighted by Gasteiger charge is -2.21. The molecule has 5 nitrogen and oxygen atoms in total. The Hall–Kier alpha value is -1.33. The van der Waals surface area contributed by atoms with Crippen LogP contribution in [-0.2, 0) is 4.74 Å². The molecule has 1 aromatic heterocycles. The van der Waals surface area contributed by atoms with Crippen LogP contribution in [0.5, 0.6) is 0 Å². The van der Waals surface area contributed by atoms with Crippen molar-refractivity contribution in [3.63, 3.8) is 0 Å². The fourth-order valence-electron chi connectivity index (χ4n) is 1.51. The molecule has 0 atom stereocenters. The van der Waals surface area contributed by atoms with Crippen molar-refractivity contribution in [3.8, 4) is 0 Å². The first kappa shape index (κ1) is 14.7. The summed E-state index contributed by atoms with van der Waals surface area (Å²) in [4.78, 5) is 18.0. The molecule has 6 heteroatoms. The van der Waals surface area contributed by atoms with Crippen LogP contribution in [0.4, 0.5) is 5.82 Å². The van der Waals surface area contributed by atoms with Gasteiger partial charge in [0.2, 0.25) is 0 Å². The maximum Gasteiger partial charge on any atom is 0.255 e. The van der Waals surface area contributed by atoms with Crippen LogP contribution in [0.1, 0.15) is 17.3 Å². The number of ether oxygens (including phenoxy) is 1. The minimum Gasteiger partial charge on any atom is -0.383 e. The van der Waals surface area contributed by atoms with Crippen LogP contribution in [0.3, 0.4) is 0 Å². The van der Waals surface area contributed by atoms with Crippen LogP contribution in [0.2, 0.25) is 5.02 Å². The number of hydrogen-bond donors (Lipinski definition) is 1. The molecule has 0 aliphatic carbocycles. The van der Waals surface area contributed by atoms with Gasteiger partial charge in [-0.05, 0) is 13.0 Å². The Labute approximate surface area is 112 Å². The predicted molar refractivity (Wildman–Crippen MR) is 72.2 cm³/mol. The van der Waals surface area contributed by atoms with E-state index < -0.39 is 0 Å². The molecule has 0 saturated carbocycles. The number of pyridine rings is 1. The zero-order chi connectivity index (χ0) is 13.5. The first-order valence-corrected chi connectivity index (χ1v) is 6.13. The number of carbonyl (C=O) groups excluding carboxylic acids is 1. The van der Waals surface area contributed by atoms with Gasteiger partial charge in [0.05, 0.1) is 17.2 Å². The molecule has 1 heterocycles. The Bertz CT molecular complexity index is 412. The number of carbonyl (C=O) groups is 1. The van der Waals surface area contributed by atoms with Gasteiger partial charge in [-0.25, -0.2) is 4.98 Å². The molecule has 0 aliphatic rings. The van der Waals surface area contributed by atoms with Crippen LogP contribution in [0.25, 0.3) is 0 Å². The first-order chi connectivity index (χ1) is 8.63. The van der Waals surface area contributed by atoms with Crippen molar-refractivity contribution in [2.24, 2.45) is 0 Å². The SMILES string of the molecule is CCN(CCOC)C(=O)c1cc(NC)ncc1Cl. The lowest BCUT2D eigenvalue weighted by Crippen LogP contribution is -2.34. The molecule has 0 bridgehead atoms. The number of methoxy groups -OCH3 is 1. The Morgan fingerprint density at radius 1 is 1.61 bits per heavy atom. The number of nitrogens with zero attached hydrogens (tertiary/aromatic N) is 2. The lowest BCUT2D eigenvalue weighted by atomic mass is 10.2. The molecular weight excluding hydrogens is 254 g/mol. The van der Waals surface area contributed by atoms with E-state index >= 15 is 0 Å². The van der Waals surface area contributed by atoms with E-state index in [0.29, 0.717) is 36.1 Å². The number of nitrogens with one attached hydrogen (secondary N) is 1. The molecular formula is C12H18ClN3O2. The van der Waals surface area contributed by atoms with Gasteiger partial charge in [0.15, 0.2) is 0 Å². The highest BCUT2D eigenvalue weighted by Gasteiger charge is 2.17. The number of hydrogen-bond acceptors (Lipinski definition) is 4. The van der Waals surface area contributed by atoms with Crippen LogP contribution >= 0.6 is 11.6 Å². The van der Waals surface area contributed by atoms with Crippen molar-refractivity contribution in [2.45, 2.75) is 6.92 Å². The third-order valence-corrected chi connectivity index (χ3v) is 2.88. The van der Waals surface area contributed by atoms with E-state index in [1.165, 1.54) is 6.20 Å². The Morgan fingerprint density at radius 3 is 2.89 bits per heavy atom. The quantitative estimate of drug-likeness (QED) is 0.858. The van der Waals surface area contributed by atoms with E-state index in [-0.39, 0.29) is 5.91 Å². The number of likely N-dealkylation sites (N-methyl/N-ethyl adjacent to an activating group) is 1. The molecule has 0 spiro atoms. The summed E-state index contributed by atoms with van der Waals surface area (Å²) in [6.07, 6.45) is 1.48. The summed E-state index contributed by atoms with van der Waals surface area (Å²) in [5.41, 5.74) is 0.453. The number of rotatable bonds is 6. The first-order valence-electron chi connectivity index (χ1n) is 5.75. The standard InChI is InChI=1S/C12H18ClN3O2/c1-4-16(5-6-18-3)12(17)9-7-11(14-2)15-8-10(9)13/h7-8H,4-6H2,1-3H3,(H,14,15). The van der Waals surface area contributed by atoms with E-state index in [0.717, 1.165) is 0 Å². The van der Waals surface area contributed by atoms with E-state index in [9.17, 15) is 4.79 Å². The Kier molecular flexibility index (Phi) is 5.88. The van der Waals surface area contributed by atoms with Crippen molar-refractivity contribution in [2.75, 3.05) is 39.2 Å². The van der Waals surface area contributed by atoms with E-state index in [2.05, 4.69) is 10.3 Å². The molecule has 0 fully saturated rings. The summed E-state index contributed by atoms with van der Waals surface area (Å²) >= 11 is 6.01. The maximum absolute atomic E-state index is 12.3. The summed E-state index contributed by atoms with van der Waals surface area (Å²) in [5.74, 6) is 0.504. The highest BCUT2D eigenvalue weighted by molar-refractivity contribution is 6.33. The topological polar surface area (TPSA) is 54.5 Å². The fourth-order valence-corrected chi connectivity index (χ4v) is 1.70. The minimum atomic E-state index is -0.113. The molecule has 1 amide bonds. The van der Waals surface area contributed by atoms with Gasteiger partial charge in [-0.15, -0.1) is 0 Å². The summed E-state index contributed by atoms with van der Waals surface area (Å²) in [6.45, 7) is 3.57. The average molecular weight is 272 g/mol. The monoisotopic (exact) mass is 271 g/mol. The van der Waals surface area contributed by atoms with Crippen molar-refractivity contribution < 1.29 is 9.53 Å². The number of aromatic nitrogens is 1. The summed E-state index contributed by atoms with van der Waals surface area (Å²) in [6, 6.07) is 1.65. The highest BCUT2D eigenvalue weighted by Crippen LogP contribution is 2.19. The molecule has 0 unspecified atom stereocenters. The largest absolute Gasteiger partial charge is 0.383 e. The summed E-state index contributed by atoms with van der Waals surface area (Å²) < 4.78 is 4.98. The van der Waals surface area contributed by atoms with Crippen molar-refractivity contribution in [3.05, 3.63) is 22.8 Å². The van der Waals surface area contributed by atoms with Gasteiger partial charge in [-0.2, -0.15) is 0 Å². The maximum atomic E-state index is 12.3. The second kappa shape index (κ2) is 7.18. The number of anilines is 1. The second-order valence-corrected chi connectivity index (χ2v) is 4.08. The van der Waals surface area contributed by atoms with Gasteiger partial charge >= 0.3 is 0 Å². The normalized spacial score (nSPS) is 10.2. The number of halogens is 1. The second-order valence-electron chi connectivity index (χ2n) is 3.68. The van der Waals surface area contributed by atoms with E-state index in [1.54, 1.807) is 25.1 Å². The highest BCUT2D eigenvalue weighted by atomic mass is 35.5. The Balaban J connectivity index is 2.93. The van der Waals surface area contributed by atoms with Gasteiger partial charge in [0.25, 0.3) is 5.91 Å². The molecule has 0 radical (unpaired) electrons. The number of amides is 1. The molecule has 1 N–H and O–H groups in total. The fraction of sp³-hybridized carbons (Fsp3) is 0.500. The lowest BCUT2D eigenvalue weighted by molar-refractivity contribution is 0.0706. The van der Waals surface area contributed by atoms with Crippen molar-refractivity contribution in [1.82, 2.24) is 9.88 Å². The summed E-state index contributed by atoms with van der Waals surface area (Å²) in [5, 5.41) is 3.24. The molecule has 18 heavy (non-hydrogen) atoms. The zero-order valence-electron chi connectivity index (χ0n) is 10.9. The van der Waals surface area contributed by atoms with Gasteiger partial charge in [0, 0.05) is 33.4 Å². The van der Waals surface area contributed by atoms with Crippen LogP contribution in [0, 0.1) is 0 Å². The van der Waals surface area contributed by atoms with Crippen molar-refractivity contribution in [1.29, 1.82) is 0 Å². The van der Waals surface area contributed by atoms with Crippen molar-refractivity contribution >= 4 is 23.3 Å². The molecule has 0 aliphatic heterocycles. The van der Waals surface area contributed by atoms with Crippen LogP contribution in [-0.4, -0.2) is 49.6 Å². The van der Waals surface area contributed by atoms with Gasteiger partial charge < -0.3 is 15.0 Å². The molecule has 1 aromatic rings. The zero-order valence-corrected chi connectivity index (χ0v) is 11.6. The molecule has 0 aromatic carbocycles. The average Bonchev–Trinajstić information content (AvgIpc) is 2.40. The molecule has 0 saturated heterocycles. The van der Waals surface area contributed by atoms with E-state index in [1.807, 2.05) is 6.92 Å². The van der Waals surface area contributed by atoms with Crippen LogP contribution < -0.4 is 5.32 Å². The predicted octanol–water partition coefficient (Wildman–Crippen LogP) is 1.89. The smallest absolute Gasteiger partial charge is 0.255 e. The minimum absolute atomic E-state index is 0.113. The Morgan fingerprint density at radius 2 is 2.33 bits per heavy atom.